The number of hydrogen-bond donors (Lipinski definition) is 1. The van der Waals surface area contributed by atoms with E-state index in [1.807, 2.05) is 35.7 Å². The molecule has 2 N–H and O–H groups in total. The number of anilines is 1. The van der Waals surface area contributed by atoms with Crippen molar-refractivity contribution < 1.29 is 18.0 Å². The zero-order chi connectivity index (χ0) is 27.0. The number of piperazine rings is 1. The van der Waals surface area contributed by atoms with Crippen LogP contribution < -0.4 is 10.6 Å². The molecule has 38 heavy (non-hydrogen) atoms. The van der Waals surface area contributed by atoms with E-state index in [2.05, 4.69) is 9.88 Å². The first-order valence-electron chi connectivity index (χ1n) is 12.3. The minimum atomic E-state index is -3.70. The lowest BCUT2D eigenvalue weighted by Gasteiger charge is -2.42. The third-order valence-corrected chi connectivity index (χ3v) is 8.82. The molecule has 1 aliphatic heterocycles. The van der Waals surface area contributed by atoms with Crippen LogP contribution in [0.15, 0.2) is 65.7 Å². The summed E-state index contributed by atoms with van der Waals surface area (Å²) >= 11 is 6.02. The summed E-state index contributed by atoms with van der Waals surface area (Å²) in [6.45, 7) is 3.19. The molecule has 0 aliphatic carbocycles. The molecule has 5 rings (SSSR count). The molecule has 1 unspecified atom stereocenters. The second-order valence-corrected chi connectivity index (χ2v) is 12.1. The smallest absolute Gasteiger partial charge is 0.223 e. The van der Waals surface area contributed by atoms with Crippen molar-refractivity contribution in [2.24, 2.45) is 5.73 Å². The lowest BCUT2D eigenvalue weighted by molar-refractivity contribution is -0.134. The second-order valence-electron chi connectivity index (χ2n) is 9.57. The van der Waals surface area contributed by atoms with Crippen molar-refractivity contribution in [1.29, 1.82) is 0 Å². The van der Waals surface area contributed by atoms with Crippen molar-refractivity contribution in [3.8, 4) is 0 Å². The molecule has 0 bridgehead atoms. The maximum absolute atomic E-state index is 13.2. The van der Waals surface area contributed by atoms with Crippen LogP contribution in [-0.2, 0) is 19.4 Å². The van der Waals surface area contributed by atoms with Gasteiger partial charge in [-0.25, -0.2) is 13.4 Å². The van der Waals surface area contributed by atoms with Crippen LogP contribution in [0.4, 0.5) is 5.82 Å². The van der Waals surface area contributed by atoms with E-state index < -0.39 is 21.8 Å². The van der Waals surface area contributed by atoms with E-state index in [9.17, 15) is 18.0 Å². The number of amides is 2. The molecule has 2 amide bonds. The number of pyridine rings is 1. The number of nitrogens with two attached hydrogens (primary N) is 1. The number of halogens is 1. The monoisotopic (exact) mass is 553 g/mol. The van der Waals surface area contributed by atoms with Gasteiger partial charge < -0.3 is 15.5 Å². The first kappa shape index (κ1) is 26.0. The predicted octanol–water partition coefficient (Wildman–Crippen LogP) is 3.21. The van der Waals surface area contributed by atoms with Gasteiger partial charge in [0.1, 0.15) is 11.5 Å². The van der Waals surface area contributed by atoms with Crippen LogP contribution in [-0.4, -0.2) is 65.9 Å². The quantitative estimate of drug-likeness (QED) is 0.375. The van der Waals surface area contributed by atoms with Gasteiger partial charge in [-0.1, -0.05) is 29.8 Å². The highest BCUT2D eigenvalue weighted by atomic mass is 35.5. The van der Waals surface area contributed by atoms with E-state index in [0.29, 0.717) is 24.7 Å². The number of benzene rings is 2. The number of aromatic nitrogens is 2. The van der Waals surface area contributed by atoms with Crippen molar-refractivity contribution in [2.45, 2.75) is 30.7 Å². The summed E-state index contributed by atoms with van der Waals surface area (Å²) in [6, 6.07) is 15.4. The topological polar surface area (TPSA) is 118 Å². The number of nitrogens with zero attached hydrogens (tertiary/aromatic N) is 4. The first-order valence-corrected chi connectivity index (χ1v) is 14.3. The molecule has 4 aromatic rings. The molecule has 2 aromatic carbocycles. The van der Waals surface area contributed by atoms with Crippen LogP contribution in [0.3, 0.4) is 0 Å². The number of carbonyl (C=O) groups excluding carboxylic acids is 2. The Morgan fingerprint density at radius 2 is 1.84 bits per heavy atom. The van der Waals surface area contributed by atoms with E-state index in [1.165, 1.54) is 6.07 Å². The van der Waals surface area contributed by atoms with Gasteiger partial charge >= 0.3 is 0 Å². The van der Waals surface area contributed by atoms with E-state index in [-0.39, 0.29) is 29.4 Å². The predicted molar refractivity (Wildman–Crippen MR) is 147 cm³/mol. The molecule has 3 heterocycles. The fraction of sp³-hybridized carbons (Fsp3) is 0.296. The van der Waals surface area contributed by atoms with Crippen LogP contribution in [0.1, 0.15) is 18.5 Å². The van der Waals surface area contributed by atoms with Crippen LogP contribution in [0.2, 0.25) is 5.02 Å². The highest BCUT2D eigenvalue weighted by Crippen LogP contribution is 2.25. The van der Waals surface area contributed by atoms with Gasteiger partial charge in [-0.2, -0.15) is 0 Å². The highest BCUT2D eigenvalue weighted by Gasteiger charge is 2.33. The summed E-state index contributed by atoms with van der Waals surface area (Å²) in [5, 5.41) is 2.16. The van der Waals surface area contributed by atoms with E-state index >= 15 is 0 Å². The zero-order valence-electron chi connectivity index (χ0n) is 20.9. The zero-order valence-corrected chi connectivity index (χ0v) is 22.5. The highest BCUT2D eigenvalue weighted by molar-refractivity contribution is 7.91. The SMILES string of the molecule is Cc1cn2c(N3CCN(C(=O)CCS(=O)(=O)c4ccc5cc(Cl)ccc5c4)C(CC(N)=O)C3)cccc2n1. The number of rotatable bonds is 7. The molecular formula is C27H28ClN5O4S. The normalized spacial score (nSPS) is 16.3. The molecule has 198 valence electrons. The lowest BCUT2D eigenvalue weighted by Crippen LogP contribution is -2.56. The van der Waals surface area contributed by atoms with Gasteiger partial charge in [0.05, 0.1) is 22.4 Å². The van der Waals surface area contributed by atoms with E-state index in [0.717, 1.165) is 27.9 Å². The molecule has 1 saturated heterocycles. The molecule has 11 heteroatoms. The minimum Gasteiger partial charge on any atom is -0.370 e. The van der Waals surface area contributed by atoms with Crippen LogP contribution in [0.5, 0.6) is 0 Å². The summed E-state index contributed by atoms with van der Waals surface area (Å²) in [5.74, 6) is -0.258. The van der Waals surface area contributed by atoms with Crippen LogP contribution >= 0.6 is 11.6 Å². The van der Waals surface area contributed by atoms with Crippen LogP contribution in [0.25, 0.3) is 16.4 Å². The molecule has 1 aliphatic rings. The van der Waals surface area contributed by atoms with Gasteiger partial charge in [0.15, 0.2) is 9.84 Å². The number of carbonyl (C=O) groups is 2. The standard InChI is InChI=1S/C27H28ClN5O4S/c1-18-16-33-25(30-18)3-2-4-26(33)31-10-11-32(22(17-31)15-24(29)34)27(35)9-12-38(36,37)23-8-6-19-13-21(28)7-5-20(19)14-23/h2-8,13-14,16,22H,9-12,15,17H2,1H3,(H2,29,34). The van der Waals surface area contributed by atoms with Crippen LogP contribution in [0, 0.1) is 6.92 Å². The number of sulfone groups is 1. The van der Waals surface area contributed by atoms with Gasteiger partial charge in [-0.15, -0.1) is 0 Å². The Balaban J connectivity index is 1.31. The number of fused-ring (bicyclic) bond motifs is 2. The molecule has 9 nitrogen and oxygen atoms in total. The van der Waals surface area contributed by atoms with Crippen molar-refractivity contribution in [2.75, 3.05) is 30.3 Å². The minimum absolute atomic E-state index is 0.0127. The molecule has 1 atom stereocenters. The Labute approximate surface area is 225 Å². The Bertz CT molecular complexity index is 1650. The Morgan fingerprint density at radius 3 is 2.63 bits per heavy atom. The van der Waals surface area contributed by atoms with Crippen molar-refractivity contribution >= 4 is 55.5 Å². The van der Waals surface area contributed by atoms with Gasteiger partial charge in [-0.3, -0.25) is 14.0 Å². The Hall–Kier alpha value is -3.63. The summed E-state index contributed by atoms with van der Waals surface area (Å²) in [7, 11) is -3.70. The molecule has 0 saturated carbocycles. The summed E-state index contributed by atoms with van der Waals surface area (Å²) in [5.41, 5.74) is 7.22. The number of primary amides is 1. The first-order chi connectivity index (χ1) is 18.1. The lowest BCUT2D eigenvalue weighted by atomic mass is 10.1. The maximum Gasteiger partial charge on any atom is 0.223 e. The number of hydrogen-bond acceptors (Lipinski definition) is 6. The average molecular weight is 554 g/mol. The summed E-state index contributed by atoms with van der Waals surface area (Å²) in [6.07, 6.45) is 1.74. The van der Waals surface area contributed by atoms with Crippen molar-refractivity contribution in [1.82, 2.24) is 14.3 Å². The van der Waals surface area contributed by atoms with Gasteiger partial charge in [0.25, 0.3) is 0 Å². The molecule has 0 radical (unpaired) electrons. The third kappa shape index (κ3) is 5.32. The van der Waals surface area contributed by atoms with Crippen molar-refractivity contribution in [3.05, 3.63) is 71.5 Å². The third-order valence-electron chi connectivity index (χ3n) is 6.87. The van der Waals surface area contributed by atoms with Gasteiger partial charge in [-0.05, 0) is 54.1 Å². The van der Waals surface area contributed by atoms with E-state index in [1.54, 1.807) is 35.2 Å². The molecule has 1 fully saturated rings. The summed E-state index contributed by atoms with van der Waals surface area (Å²) in [4.78, 5) is 33.5. The summed E-state index contributed by atoms with van der Waals surface area (Å²) < 4.78 is 28.1. The Morgan fingerprint density at radius 1 is 1.08 bits per heavy atom. The molecule has 2 aromatic heterocycles. The molecule has 0 spiro atoms. The van der Waals surface area contributed by atoms with Gasteiger partial charge in [0, 0.05) is 43.7 Å². The number of imidazole rings is 1. The fourth-order valence-corrected chi connectivity index (χ4v) is 6.49. The van der Waals surface area contributed by atoms with E-state index in [4.69, 9.17) is 17.3 Å². The molecular weight excluding hydrogens is 526 g/mol. The fourth-order valence-electron chi connectivity index (χ4n) is 5.05. The van der Waals surface area contributed by atoms with Crippen molar-refractivity contribution in [3.63, 3.8) is 0 Å². The Kier molecular flexibility index (Phi) is 7.02. The second kappa shape index (κ2) is 10.3. The number of aryl methyl sites for hydroxylation is 1. The largest absolute Gasteiger partial charge is 0.370 e. The maximum atomic E-state index is 13.2. The average Bonchev–Trinajstić information content (AvgIpc) is 3.27. The van der Waals surface area contributed by atoms with Gasteiger partial charge in [0.2, 0.25) is 11.8 Å².